The molecule has 1 aromatic rings. The Balaban J connectivity index is 1.90. The van der Waals surface area contributed by atoms with Crippen molar-refractivity contribution in [2.24, 2.45) is 0 Å². The Morgan fingerprint density at radius 3 is 2.84 bits per heavy atom. The molecule has 1 aromatic carbocycles. The molecule has 1 aliphatic heterocycles. The van der Waals surface area contributed by atoms with Crippen LogP contribution >= 0.6 is 0 Å². The van der Waals surface area contributed by atoms with Gasteiger partial charge in [0, 0.05) is 25.2 Å². The summed E-state index contributed by atoms with van der Waals surface area (Å²) in [5.41, 5.74) is 1.31. The Hall–Kier alpha value is -1.79. The monoisotopic (exact) mass is 256 g/mol. The Kier molecular flexibility index (Phi) is 4.59. The number of amides is 1. The lowest BCUT2D eigenvalue weighted by molar-refractivity contribution is -0.116. The molecule has 0 aromatic heterocycles. The van der Waals surface area contributed by atoms with E-state index in [0.717, 1.165) is 19.5 Å². The molecule has 1 fully saturated rings. The van der Waals surface area contributed by atoms with Crippen LogP contribution in [-0.2, 0) is 11.3 Å². The third kappa shape index (κ3) is 3.84. The molecule has 0 aliphatic carbocycles. The van der Waals surface area contributed by atoms with Crippen molar-refractivity contribution in [2.75, 3.05) is 6.54 Å². The molecule has 0 unspecified atom stereocenters. The Labute approximate surface area is 115 Å². The van der Waals surface area contributed by atoms with E-state index in [1.807, 2.05) is 6.07 Å². The number of nitrogens with one attached hydrogen (secondary N) is 1. The van der Waals surface area contributed by atoms with Gasteiger partial charge in [0.05, 0.1) is 0 Å². The second-order valence-corrected chi connectivity index (χ2v) is 5.05. The number of rotatable bonds is 3. The molecule has 3 heteroatoms. The molecule has 1 aliphatic rings. The van der Waals surface area contributed by atoms with E-state index in [2.05, 4.69) is 53.2 Å². The Morgan fingerprint density at radius 2 is 2.16 bits per heavy atom. The van der Waals surface area contributed by atoms with Gasteiger partial charge in [-0.2, -0.15) is 0 Å². The molecule has 100 valence electrons. The van der Waals surface area contributed by atoms with Crippen LogP contribution in [0.1, 0.15) is 25.8 Å². The van der Waals surface area contributed by atoms with E-state index in [1.165, 1.54) is 5.56 Å². The van der Waals surface area contributed by atoms with Crippen LogP contribution < -0.4 is 5.32 Å². The van der Waals surface area contributed by atoms with Gasteiger partial charge in [-0.3, -0.25) is 9.69 Å². The number of hydrogen-bond acceptors (Lipinski definition) is 2. The SMILES string of the molecule is CC#CC(=O)N[C@H]1C[C@H](C)N(Cc2ccccc2)C1. The smallest absolute Gasteiger partial charge is 0.296 e. The Morgan fingerprint density at radius 1 is 1.42 bits per heavy atom. The minimum Gasteiger partial charge on any atom is -0.341 e. The molecule has 0 saturated carbocycles. The molecule has 3 nitrogen and oxygen atoms in total. The summed E-state index contributed by atoms with van der Waals surface area (Å²) in [6.45, 7) is 5.72. The zero-order valence-corrected chi connectivity index (χ0v) is 11.5. The van der Waals surface area contributed by atoms with Crippen molar-refractivity contribution in [3.63, 3.8) is 0 Å². The first kappa shape index (κ1) is 13.6. The van der Waals surface area contributed by atoms with Gasteiger partial charge in [-0.15, -0.1) is 0 Å². The van der Waals surface area contributed by atoms with E-state index in [4.69, 9.17) is 0 Å². The van der Waals surface area contributed by atoms with Gasteiger partial charge < -0.3 is 5.32 Å². The number of carbonyl (C=O) groups excluding carboxylic acids is 1. The molecule has 0 radical (unpaired) electrons. The van der Waals surface area contributed by atoms with Gasteiger partial charge in [-0.05, 0) is 31.8 Å². The highest BCUT2D eigenvalue weighted by Crippen LogP contribution is 2.20. The molecule has 1 amide bonds. The lowest BCUT2D eigenvalue weighted by atomic mass is 10.2. The van der Waals surface area contributed by atoms with Crippen LogP contribution in [0.3, 0.4) is 0 Å². The fourth-order valence-electron chi connectivity index (χ4n) is 2.58. The van der Waals surface area contributed by atoms with Gasteiger partial charge in [-0.1, -0.05) is 36.3 Å². The molecular formula is C16H20N2O. The predicted octanol–water partition coefficient (Wildman–Crippen LogP) is 1.79. The highest BCUT2D eigenvalue weighted by Gasteiger charge is 2.29. The number of likely N-dealkylation sites (tertiary alicyclic amines) is 1. The summed E-state index contributed by atoms with van der Waals surface area (Å²) in [7, 11) is 0. The summed E-state index contributed by atoms with van der Waals surface area (Å²) in [5.74, 6) is 5.00. The molecule has 0 bridgehead atoms. The van der Waals surface area contributed by atoms with Crippen LogP contribution in [0.2, 0.25) is 0 Å². The van der Waals surface area contributed by atoms with E-state index in [9.17, 15) is 4.79 Å². The zero-order chi connectivity index (χ0) is 13.7. The van der Waals surface area contributed by atoms with E-state index in [1.54, 1.807) is 6.92 Å². The maximum Gasteiger partial charge on any atom is 0.296 e. The van der Waals surface area contributed by atoms with E-state index < -0.39 is 0 Å². The van der Waals surface area contributed by atoms with E-state index in [-0.39, 0.29) is 11.9 Å². The lowest BCUT2D eigenvalue weighted by Crippen LogP contribution is -2.36. The highest BCUT2D eigenvalue weighted by atomic mass is 16.1. The van der Waals surface area contributed by atoms with Crippen LogP contribution in [0.15, 0.2) is 30.3 Å². The fraction of sp³-hybridized carbons (Fsp3) is 0.438. The molecule has 1 heterocycles. The summed E-state index contributed by atoms with van der Waals surface area (Å²) >= 11 is 0. The average Bonchev–Trinajstić information content (AvgIpc) is 2.71. The first-order valence-corrected chi connectivity index (χ1v) is 6.70. The highest BCUT2D eigenvalue weighted by molar-refractivity contribution is 5.93. The number of nitrogens with zero attached hydrogens (tertiary/aromatic N) is 1. The van der Waals surface area contributed by atoms with Gasteiger partial charge in [0.25, 0.3) is 5.91 Å². The summed E-state index contributed by atoms with van der Waals surface area (Å²) in [6.07, 6.45) is 0.990. The van der Waals surface area contributed by atoms with Gasteiger partial charge in [0.15, 0.2) is 0 Å². The van der Waals surface area contributed by atoms with E-state index >= 15 is 0 Å². The van der Waals surface area contributed by atoms with E-state index in [0.29, 0.717) is 6.04 Å². The third-order valence-corrected chi connectivity index (χ3v) is 3.51. The minimum absolute atomic E-state index is 0.165. The number of benzene rings is 1. The van der Waals surface area contributed by atoms with Crippen molar-refractivity contribution < 1.29 is 4.79 Å². The molecule has 2 rings (SSSR count). The first-order chi connectivity index (χ1) is 9.19. The number of carbonyl (C=O) groups is 1. The summed E-state index contributed by atoms with van der Waals surface area (Å²) in [6, 6.07) is 11.1. The van der Waals surface area contributed by atoms with Crippen molar-refractivity contribution in [3.05, 3.63) is 35.9 Å². The van der Waals surface area contributed by atoms with Crippen LogP contribution in [0, 0.1) is 11.8 Å². The van der Waals surface area contributed by atoms with Gasteiger partial charge in [0.1, 0.15) is 0 Å². The molecule has 19 heavy (non-hydrogen) atoms. The van der Waals surface area contributed by atoms with Gasteiger partial charge in [-0.25, -0.2) is 0 Å². The summed E-state index contributed by atoms with van der Waals surface area (Å²) < 4.78 is 0. The number of hydrogen-bond donors (Lipinski definition) is 1. The fourth-order valence-corrected chi connectivity index (χ4v) is 2.58. The van der Waals surface area contributed by atoms with Crippen LogP contribution in [-0.4, -0.2) is 29.4 Å². The normalized spacial score (nSPS) is 22.6. The maximum absolute atomic E-state index is 11.5. The van der Waals surface area contributed by atoms with Gasteiger partial charge in [0.2, 0.25) is 0 Å². The van der Waals surface area contributed by atoms with Crippen molar-refractivity contribution in [1.29, 1.82) is 0 Å². The third-order valence-electron chi connectivity index (χ3n) is 3.51. The average molecular weight is 256 g/mol. The van der Waals surface area contributed by atoms with Crippen LogP contribution in [0.4, 0.5) is 0 Å². The molecule has 2 atom stereocenters. The van der Waals surface area contributed by atoms with Crippen molar-refractivity contribution in [3.8, 4) is 11.8 Å². The Bertz CT molecular complexity index is 486. The summed E-state index contributed by atoms with van der Waals surface area (Å²) in [4.78, 5) is 13.9. The first-order valence-electron chi connectivity index (χ1n) is 6.70. The molecule has 1 saturated heterocycles. The quantitative estimate of drug-likeness (QED) is 0.836. The minimum atomic E-state index is -0.165. The second-order valence-electron chi connectivity index (χ2n) is 5.05. The maximum atomic E-state index is 11.5. The largest absolute Gasteiger partial charge is 0.341 e. The standard InChI is InChI=1S/C16H20N2O/c1-3-7-16(19)17-15-10-13(2)18(12-15)11-14-8-5-4-6-9-14/h4-6,8-9,13,15H,10-12H2,1-2H3,(H,17,19)/t13-,15-/m0/s1. The zero-order valence-electron chi connectivity index (χ0n) is 11.5. The van der Waals surface area contributed by atoms with Crippen LogP contribution in [0.25, 0.3) is 0 Å². The lowest BCUT2D eigenvalue weighted by Gasteiger charge is -2.20. The van der Waals surface area contributed by atoms with Gasteiger partial charge >= 0.3 is 0 Å². The molecule has 1 N–H and O–H groups in total. The molecule has 0 spiro atoms. The van der Waals surface area contributed by atoms with Crippen molar-refractivity contribution in [1.82, 2.24) is 10.2 Å². The van der Waals surface area contributed by atoms with Crippen molar-refractivity contribution in [2.45, 2.75) is 38.9 Å². The summed E-state index contributed by atoms with van der Waals surface area (Å²) in [5, 5.41) is 2.97. The predicted molar refractivity (Wildman–Crippen MR) is 76.3 cm³/mol. The molecular weight excluding hydrogens is 236 g/mol. The second kappa shape index (κ2) is 6.40. The van der Waals surface area contributed by atoms with Crippen LogP contribution in [0.5, 0.6) is 0 Å². The van der Waals surface area contributed by atoms with Crippen molar-refractivity contribution >= 4 is 5.91 Å². The topological polar surface area (TPSA) is 32.3 Å².